The number of carbonyl (C=O) groups excluding carboxylic acids is 2. The molecule has 0 fully saturated rings. The summed E-state index contributed by atoms with van der Waals surface area (Å²) in [6.45, 7) is 0.741. The van der Waals surface area contributed by atoms with Crippen molar-refractivity contribution < 1.29 is 28.5 Å². The van der Waals surface area contributed by atoms with E-state index in [0.29, 0.717) is 41.4 Å². The second-order valence-corrected chi connectivity index (χ2v) is 5.04. The highest BCUT2D eigenvalue weighted by Crippen LogP contribution is 2.41. The van der Waals surface area contributed by atoms with Gasteiger partial charge in [-0.2, -0.15) is 0 Å². The Labute approximate surface area is 138 Å². The Bertz CT molecular complexity index is 796. The third kappa shape index (κ3) is 2.67. The number of ether oxygens (including phenoxy) is 4. The van der Waals surface area contributed by atoms with Gasteiger partial charge < -0.3 is 18.9 Å². The molecule has 0 amide bonds. The molecule has 1 aliphatic rings. The smallest absolute Gasteiger partial charge is 0.342 e. The normalized spacial score (nSPS) is 12.4. The molecular weight excluding hydrogens is 312 g/mol. The molecular formula is C18H16O6. The summed E-state index contributed by atoms with van der Waals surface area (Å²) in [4.78, 5) is 24.4. The second kappa shape index (κ2) is 6.62. The van der Waals surface area contributed by atoms with Gasteiger partial charge in [0.2, 0.25) is 0 Å². The van der Waals surface area contributed by atoms with Crippen LogP contribution in [0, 0.1) is 0 Å². The van der Waals surface area contributed by atoms with Crippen LogP contribution in [0.3, 0.4) is 0 Å². The predicted octanol–water partition coefficient (Wildman–Crippen LogP) is 2.70. The minimum atomic E-state index is -0.563. The van der Waals surface area contributed by atoms with Crippen LogP contribution in [0.1, 0.15) is 20.7 Å². The molecule has 6 nitrogen and oxygen atoms in total. The minimum Gasteiger partial charge on any atom is -0.486 e. The fourth-order valence-corrected chi connectivity index (χ4v) is 2.65. The van der Waals surface area contributed by atoms with Crippen LogP contribution in [0.5, 0.6) is 11.5 Å². The molecule has 0 unspecified atom stereocenters. The van der Waals surface area contributed by atoms with E-state index in [2.05, 4.69) is 0 Å². The Morgan fingerprint density at radius 3 is 2.33 bits per heavy atom. The van der Waals surface area contributed by atoms with E-state index in [9.17, 15) is 9.59 Å². The molecule has 0 saturated heterocycles. The maximum Gasteiger partial charge on any atom is 0.342 e. The third-order valence-corrected chi connectivity index (χ3v) is 3.72. The van der Waals surface area contributed by atoms with E-state index in [1.165, 1.54) is 14.2 Å². The number of hydrogen-bond donors (Lipinski definition) is 0. The Morgan fingerprint density at radius 1 is 0.875 bits per heavy atom. The molecule has 2 aromatic rings. The van der Waals surface area contributed by atoms with Crippen molar-refractivity contribution in [2.45, 2.75) is 0 Å². The van der Waals surface area contributed by atoms with E-state index < -0.39 is 11.9 Å². The maximum atomic E-state index is 12.4. The molecule has 124 valence electrons. The average Bonchev–Trinajstić information content (AvgIpc) is 2.65. The summed E-state index contributed by atoms with van der Waals surface area (Å²) in [5.74, 6) is -0.255. The van der Waals surface area contributed by atoms with Gasteiger partial charge in [0, 0.05) is 5.56 Å². The van der Waals surface area contributed by atoms with Crippen molar-refractivity contribution in [1.82, 2.24) is 0 Å². The zero-order chi connectivity index (χ0) is 17.1. The largest absolute Gasteiger partial charge is 0.486 e. The van der Waals surface area contributed by atoms with Gasteiger partial charge in [-0.1, -0.05) is 18.2 Å². The van der Waals surface area contributed by atoms with E-state index in [1.54, 1.807) is 36.4 Å². The van der Waals surface area contributed by atoms with E-state index >= 15 is 0 Å². The molecule has 6 heteroatoms. The molecule has 0 spiro atoms. The molecule has 24 heavy (non-hydrogen) atoms. The number of fused-ring (bicyclic) bond motifs is 1. The van der Waals surface area contributed by atoms with Gasteiger partial charge in [-0.25, -0.2) is 9.59 Å². The van der Waals surface area contributed by atoms with Crippen LogP contribution in [-0.4, -0.2) is 39.4 Å². The van der Waals surface area contributed by atoms with Gasteiger partial charge in [0.05, 0.1) is 19.8 Å². The highest BCUT2D eigenvalue weighted by molar-refractivity contribution is 6.05. The van der Waals surface area contributed by atoms with E-state index in [-0.39, 0.29) is 5.56 Å². The lowest BCUT2D eigenvalue weighted by Crippen LogP contribution is -2.19. The fourth-order valence-electron chi connectivity index (χ4n) is 2.65. The number of carbonyl (C=O) groups is 2. The summed E-state index contributed by atoms with van der Waals surface area (Å²) >= 11 is 0. The van der Waals surface area contributed by atoms with Crippen LogP contribution in [0.4, 0.5) is 0 Å². The Balaban J connectivity index is 2.26. The van der Waals surface area contributed by atoms with E-state index in [1.807, 2.05) is 0 Å². The molecule has 0 bridgehead atoms. The zero-order valence-electron chi connectivity index (χ0n) is 13.3. The van der Waals surface area contributed by atoms with Gasteiger partial charge in [-0.3, -0.25) is 0 Å². The molecule has 1 aliphatic heterocycles. The van der Waals surface area contributed by atoms with Crippen LogP contribution in [0.15, 0.2) is 36.4 Å². The van der Waals surface area contributed by atoms with Crippen molar-refractivity contribution >= 4 is 11.9 Å². The van der Waals surface area contributed by atoms with Crippen LogP contribution in [0.25, 0.3) is 11.1 Å². The molecule has 0 radical (unpaired) electrons. The number of hydrogen-bond acceptors (Lipinski definition) is 6. The van der Waals surface area contributed by atoms with Gasteiger partial charge in [0.25, 0.3) is 0 Å². The zero-order valence-corrected chi connectivity index (χ0v) is 13.3. The fraction of sp³-hybridized carbons (Fsp3) is 0.222. The molecule has 0 aliphatic carbocycles. The van der Waals surface area contributed by atoms with Crippen LogP contribution >= 0.6 is 0 Å². The summed E-state index contributed by atoms with van der Waals surface area (Å²) in [5, 5.41) is 0. The molecule has 3 rings (SSSR count). The molecule has 2 aromatic carbocycles. The average molecular weight is 328 g/mol. The predicted molar refractivity (Wildman–Crippen MR) is 85.5 cm³/mol. The lowest BCUT2D eigenvalue weighted by molar-refractivity contribution is 0.0583. The lowest BCUT2D eigenvalue weighted by atomic mass is 9.94. The molecule has 0 saturated carbocycles. The molecule has 0 N–H and O–H groups in total. The standard InChI is InChI=1S/C18H16O6/c1-21-17(19)13-6-4-3-5-11(13)12-7-8-14-16(24-10-9-23-14)15(12)18(20)22-2/h3-8H,9-10H2,1-2H3. The van der Waals surface area contributed by atoms with Gasteiger partial charge in [0.1, 0.15) is 18.8 Å². The van der Waals surface area contributed by atoms with Gasteiger partial charge >= 0.3 is 11.9 Å². The van der Waals surface area contributed by atoms with E-state index in [0.717, 1.165) is 0 Å². The summed E-state index contributed by atoms with van der Waals surface area (Å²) < 4.78 is 20.9. The van der Waals surface area contributed by atoms with Crippen LogP contribution < -0.4 is 9.47 Å². The van der Waals surface area contributed by atoms with E-state index in [4.69, 9.17) is 18.9 Å². The molecule has 0 atom stereocenters. The first-order valence-corrected chi connectivity index (χ1v) is 7.36. The summed E-state index contributed by atoms with van der Waals surface area (Å²) in [6.07, 6.45) is 0. The van der Waals surface area contributed by atoms with Gasteiger partial charge in [-0.05, 0) is 23.8 Å². The van der Waals surface area contributed by atoms with Crippen molar-refractivity contribution in [3.8, 4) is 22.6 Å². The van der Waals surface area contributed by atoms with Crippen LogP contribution in [-0.2, 0) is 9.47 Å². The monoisotopic (exact) mass is 328 g/mol. The maximum absolute atomic E-state index is 12.4. The number of methoxy groups -OCH3 is 2. The summed E-state index contributed by atoms with van der Waals surface area (Å²) in [6, 6.07) is 10.3. The molecule has 1 heterocycles. The van der Waals surface area contributed by atoms with Crippen molar-refractivity contribution in [2.75, 3.05) is 27.4 Å². The van der Waals surface area contributed by atoms with Crippen molar-refractivity contribution in [3.63, 3.8) is 0 Å². The highest BCUT2D eigenvalue weighted by Gasteiger charge is 2.27. The first kappa shape index (κ1) is 15.9. The summed E-state index contributed by atoms with van der Waals surface area (Å²) in [7, 11) is 2.60. The van der Waals surface area contributed by atoms with Crippen LogP contribution in [0.2, 0.25) is 0 Å². The Kier molecular flexibility index (Phi) is 4.37. The number of rotatable bonds is 3. The van der Waals surface area contributed by atoms with Crippen molar-refractivity contribution in [3.05, 3.63) is 47.5 Å². The van der Waals surface area contributed by atoms with Crippen molar-refractivity contribution in [2.24, 2.45) is 0 Å². The Morgan fingerprint density at radius 2 is 1.58 bits per heavy atom. The minimum absolute atomic E-state index is 0.228. The van der Waals surface area contributed by atoms with Gasteiger partial charge in [-0.15, -0.1) is 0 Å². The quantitative estimate of drug-likeness (QED) is 0.807. The van der Waals surface area contributed by atoms with Gasteiger partial charge in [0.15, 0.2) is 11.5 Å². The second-order valence-electron chi connectivity index (χ2n) is 5.04. The lowest BCUT2D eigenvalue weighted by Gasteiger charge is -2.22. The first-order valence-electron chi connectivity index (χ1n) is 7.36. The number of benzene rings is 2. The molecule has 0 aromatic heterocycles. The number of esters is 2. The van der Waals surface area contributed by atoms with Crippen molar-refractivity contribution in [1.29, 1.82) is 0 Å². The Hall–Kier alpha value is -3.02. The first-order chi connectivity index (χ1) is 11.7. The summed E-state index contributed by atoms with van der Waals surface area (Å²) in [5.41, 5.74) is 1.65. The SMILES string of the molecule is COC(=O)c1ccccc1-c1ccc2c(c1C(=O)OC)OCCO2. The third-order valence-electron chi connectivity index (χ3n) is 3.72. The highest BCUT2D eigenvalue weighted by atomic mass is 16.6. The topological polar surface area (TPSA) is 71.1 Å².